The number of benzene rings is 2. The minimum absolute atomic E-state index is 0.351. The lowest BCUT2D eigenvalue weighted by Gasteiger charge is -2.33. The number of aryl methyl sites for hydroxylation is 1. The maximum atomic E-state index is 13.1. The van der Waals surface area contributed by atoms with Crippen molar-refractivity contribution in [2.24, 2.45) is 4.99 Å². The first-order chi connectivity index (χ1) is 13.8. The Morgan fingerprint density at radius 2 is 1.66 bits per heavy atom. The third kappa shape index (κ3) is 3.58. The third-order valence-corrected chi connectivity index (χ3v) is 5.55. The molecule has 0 radical (unpaired) electrons. The molecule has 2 aromatic carbocycles. The molecule has 2 heterocycles. The van der Waals surface area contributed by atoms with E-state index in [1.807, 2.05) is 12.3 Å². The molecule has 2 aromatic rings. The maximum absolute atomic E-state index is 13.1. The van der Waals surface area contributed by atoms with Gasteiger partial charge in [0.05, 0.1) is 18.8 Å². The van der Waals surface area contributed by atoms with Gasteiger partial charge in [-0.2, -0.15) is 13.2 Å². The van der Waals surface area contributed by atoms with Crippen LogP contribution in [0.1, 0.15) is 29.2 Å². The Morgan fingerprint density at radius 3 is 2.41 bits per heavy atom. The SMILES string of the molecule is CCc1cccc(C2=CC=C3C(Cc4cccc(C(F)(F)F)c4)=NC=C[N+]32C)c1. The van der Waals surface area contributed by atoms with E-state index in [-0.39, 0.29) is 0 Å². The fraction of sp³-hybridized carbons (Fsp3) is 0.208. The molecule has 0 N–H and O–H groups in total. The number of alkyl halides is 3. The van der Waals surface area contributed by atoms with Crippen LogP contribution in [0.3, 0.4) is 0 Å². The monoisotopic (exact) mass is 395 g/mol. The number of hydrogen-bond donors (Lipinski definition) is 0. The van der Waals surface area contributed by atoms with Crippen LogP contribution < -0.4 is 0 Å². The minimum atomic E-state index is -4.35. The van der Waals surface area contributed by atoms with Crippen molar-refractivity contribution in [3.05, 3.63) is 101 Å². The Morgan fingerprint density at radius 1 is 0.931 bits per heavy atom. The van der Waals surface area contributed by atoms with Crippen LogP contribution in [-0.4, -0.2) is 17.2 Å². The van der Waals surface area contributed by atoms with Crippen LogP contribution in [0.25, 0.3) is 5.70 Å². The molecule has 2 aliphatic rings. The molecular weight excluding hydrogens is 373 g/mol. The van der Waals surface area contributed by atoms with E-state index in [1.165, 1.54) is 17.7 Å². The van der Waals surface area contributed by atoms with Crippen molar-refractivity contribution in [2.45, 2.75) is 25.9 Å². The molecule has 0 saturated carbocycles. The topological polar surface area (TPSA) is 12.4 Å². The van der Waals surface area contributed by atoms with Gasteiger partial charge in [-0.1, -0.05) is 37.3 Å². The van der Waals surface area contributed by atoms with Crippen LogP contribution in [0.4, 0.5) is 13.2 Å². The van der Waals surface area contributed by atoms with E-state index in [4.69, 9.17) is 0 Å². The smallest absolute Gasteiger partial charge is 0.249 e. The van der Waals surface area contributed by atoms with Gasteiger partial charge < -0.3 is 0 Å². The highest BCUT2D eigenvalue weighted by Crippen LogP contribution is 2.40. The van der Waals surface area contributed by atoms with E-state index in [2.05, 4.69) is 49.3 Å². The summed E-state index contributed by atoms with van der Waals surface area (Å²) in [6, 6.07) is 13.9. The lowest BCUT2D eigenvalue weighted by Crippen LogP contribution is -2.38. The zero-order valence-corrected chi connectivity index (χ0v) is 16.4. The number of aliphatic imine (C=N–C) groups is 1. The Balaban J connectivity index is 1.62. The highest BCUT2D eigenvalue weighted by Gasteiger charge is 2.40. The average Bonchev–Trinajstić information content (AvgIpc) is 3.05. The van der Waals surface area contributed by atoms with E-state index < -0.39 is 11.7 Å². The average molecular weight is 395 g/mol. The normalized spacial score (nSPS) is 20.8. The number of quaternary nitrogens is 1. The largest absolute Gasteiger partial charge is 0.416 e. The van der Waals surface area contributed by atoms with Crippen molar-refractivity contribution in [3.63, 3.8) is 0 Å². The first-order valence-electron chi connectivity index (χ1n) is 9.61. The van der Waals surface area contributed by atoms with Crippen molar-refractivity contribution < 1.29 is 17.7 Å². The molecule has 0 fully saturated rings. The van der Waals surface area contributed by atoms with Gasteiger partial charge in [0, 0.05) is 24.1 Å². The standard InChI is InChI=1S/C24H22F3N2/c1-3-17-6-4-8-19(14-17)22-10-11-23-21(28-12-13-29(22,23)2)16-18-7-5-9-20(15-18)24(25,26)27/h4-15H,3,16H2,1-2H3/q+1. The van der Waals surface area contributed by atoms with Gasteiger partial charge >= 0.3 is 6.18 Å². The Kier molecular flexibility index (Phi) is 4.79. The molecule has 1 unspecified atom stereocenters. The zero-order valence-electron chi connectivity index (χ0n) is 16.4. The predicted octanol–water partition coefficient (Wildman–Crippen LogP) is 6.12. The number of nitrogens with zero attached hydrogens (tertiary/aromatic N) is 2. The first kappa shape index (κ1) is 19.4. The van der Waals surface area contributed by atoms with Crippen molar-refractivity contribution in [1.82, 2.24) is 0 Å². The number of hydrogen-bond acceptors (Lipinski definition) is 1. The summed E-state index contributed by atoms with van der Waals surface area (Å²) in [4.78, 5) is 4.50. The van der Waals surface area contributed by atoms with Gasteiger partial charge in [-0.05, 0) is 35.7 Å². The number of rotatable bonds is 4. The molecule has 0 saturated heterocycles. The molecule has 1 atom stereocenters. The second-order valence-corrected chi connectivity index (χ2v) is 7.48. The van der Waals surface area contributed by atoms with Crippen molar-refractivity contribution in [3.8, 4) is 0 Å². The summed E-state index contributed by atoms with van der Waals surface area (Å²) < 4.78 is 39.6. The van der Waals surface area contributed by atoms with Gasteiger partial charge in [0.2, 0.25) is 0 Å². The van der Waals surface area contributed by atoms with Crippen LogP contribution >= 0.6 is 0 Å². The van der Waals surface area contributed by atoms with Crippen LogP contribution in [0.15, 0.2) is 83.8 Å². The zero-order chi connectivity index (χ0) is 20.6. The second-order valence-electron chi connectivity index (χ2n) is 7.48. The van der Waals surface area contributed by atoms with E-state index >= 15 is 0 Å². The summed E-state index contributed by atoms with van der Waals surface area (Å²) in [7, 11) is 2.08. The van der Waals surface area contributed by atoms with Gasteiger partial charge in [-0.25, -0.2) is 9.48 Å². The third-order valence-electron chi connectivity index (χ3n) is 5.55. The highest BCUT2D eigenvalue weighted by atomic mass is 19.4. The lowest BCUT2D eigenvalue weighted by atomic mass is 10.0. The minimum Gasteiger partial charge on any atom is -0.249 e. The second kappa shape index (κ2) is 7.16. The summed E-state index contributed by atoms with van der Waals surface area (Å²) in [6.07, 6.45) is 4.85. The summed E-state index contributed by atoms with van der Waals surface area (Å²) >= 11 is 0. The van der Waals surface area contributed by atoms with Crippen LogP contribution in [0, 0.1) is 0 Å². The summed E-state index contributed by atoms with van der Waals surface area (Å²) in [5, 5.41) is 0. The van der Waals surface area contributed by atoms with Gasteiger partial charge in [0.1, 0.15) is 17.6 Å². The van der Waals surface area contributed by atoms with E-state index in [0.717, 1.165) is 35.2 Å². The fourth-order valence-corrected chi connectivity index (χ4v) is 3.95. The Bertz CT molecular complexity index is 1070. The van der Waals surface area contributed by atoms with Crippen LogP contribution in [-0.2, 0) is 19.0 Å². The van der Waals surface area contributed by atoms with Crippen molar-refractivity contribution in [1.29, 1.82) is 0 Å². The Labute approximate surface area is 168 Å². The van der Waals surface area contributed by atoms with Crippen molar-refractivity contribution >= 4 is 11.4 Å². The van der Waals surface area contributed by atoms with Crippen molar-refractivity contribution in [2.75, 3.05) is 7.05 Å². The van der Waals surface area contributed by atoms with Crippen LogP contribution in [0.5, 0.6) is 0 Å². The Hall–Kier alpha value is -2.92. The molecule has 5 heteroatoms. The summed E-state index contributed by atoms with van der Waals surface area (Å²) in [6.45, 7) is 2.13. The molecule has 2 aliphatic heterocycles. The summed E-state index contributed by atoms with van der Waals surface area (Å²) in [5.74, 6) is 0. The number of halogens is 3. The molecule has 0 bridgehead atoms. The molecule has 29 heavy (non-hydrogen) atoms. The van der Waals surface area contributed by atoms with Crippen LogP contribution in [0.2, 0.25) is 0 Å². The lowest BCUT2D eigenvalue weighted by molar-refractivity contribution is -0.735. The van der Waals surface area contributed by atoms with E-state index in [9.17, 15) is 13.2 Å². The summed E-state index contributed by atoms with van der Waals surface area (Å²) in [5.41, 5.74) is 5.28. The fourth-order valence-electron chi connectivity index (χ4n) is 3.95. The van der Waals surface area contributed by atoms with Gasteiger partial charge in [0.25, 0.3) is 0 Å². The number of fused-ring (bicyclic) bond motifs is 1. The molecule has 148 valence electrons. The molecule has 0 aromatic heterocycles. The van der Waals surface area contributed by atoms with E-state index in [0.29, 0.717) is 16.5 Å². The first-order valence-corrected chi connectivity index (χ1v) is 9.61. The predicted molar refractivity (Wildman–Crippen MR) is 110 cm³/mol. The van der Waals surface area contributed by atoms with E-state index in [1.54, 1.807) is 12.3 Å². The quantitative estimate of drug-likeness (QED) is 0.553. The highest BCUT2D eigenvalue weighted by molar-refractivity contribution is 6.02. The van der Waals surface area contributed by atoms with Gasteiger partial charge in [-0.3, -0.25) is 0 Å². The van der Waals surface area contributed by atoms with Gasteiger partial charge in [-0.15, -0.1) is 0 Å². The molecule has 0 amide bonds. The van der Waals surface area contributed by atoms with Gasteiger partial charge in [0.15, 0.2) is 5.70 Å². The molecule has 2 nitrogen and oxygen atoms in total. The number of allylic oxidation sites excluding steroid dienone is 3. The molecule has 0 spiro atoms. The molecule has 4 rings (SSSR count). The maximum Gasteiger partial charge on any atom is 0.416 e. The molecular formula is C24H22F3N2+. The molecule has 0 aliphatic carbocycles.